The minimum absolute atomic E-state index is 0.0350. The first-order chi connectivity index (χ1) is 7.70. The van der Waals surface area contributed by atoms with E-state index < -0.39 is 18.1 Å². The highest BCUT2D eigenvalue weighted by Gasteiger charge is 2.38. The van der Waals surface area contributed by atoms with Crippen LogP contribution in [0.2, 0.25) is 0 Å². The molecule has 0 aromatic carbocycles. The number of thioether (sulfide) groups is 1. The van der Waals surface area contributed by atoms with Crippen LogP contribution in [0.1, 0.15) is 27.2 Å². The molecule has 1 amide bonds. The maximum atomic E-state index is 11.9. The van der Waals surface area contributed by atoms with Crippen molar-refractivity contribution in [1.29, 1.82) is 0 Å². The molecule has 0 saturated carbocycles. The number of β-amino-alcohol motifs (C(OH)–C–C–N with tert-alkyl or cyclic N) is 1. The first-order valence-corrected chi connectivity index (χ1v) is 6.53. The topological polar surface area (TPSA) is 77.8 Å². The molecular formula is C11H19NO4S. The van der Waals surface area contributed by atoms with Gasteiger partial charge < -0.3 is 15.1 Å². The number of hydrogen-bond acceptors (Lipinski definition) is 4. The Morgan fingerprint density at radius 1 is 1.41 bits per heavy atom. The number of rotatable bonds is 3. The van der Waals surface area contributed by atoms with Crippen molar-refractivity contribution in [3.8, 4) is 0 Å². The van der Waals surface area contributed by atoms with Crippen LogP contribution < -0.4 is 0 Å². The fourth-order valence-corrected chi connectivity index (χ4v) is 2.41. The van der Waals surface area contributed by atoms with E-state index in [2.05, 4.69) is 0 Å². The molecule has 1 fully saturated rings. The summed E-state index contributed by atoms with van der Waals surface area (Å²) in [6.07, 6.45) is -0.596. The maximum Gasteiger partial charge on any atom is 0.326 e. The molecule has 0 aromatic heterocycles. The lowest BCUT2D eigenvalue weighted by molar-refractivity contribution is -0.147. The van der Waals surface area contributed by atoms with Crippen LogP contribution in [0.3, 0.4) is 0 Å². The second-order valence-corrected chi connectivity index (χ2v) is 6.99. The highest BCUT2D eigenvalue weighted by Crippen LogP contribution is 2.25. The molecule has 1 unspecified atom stereocenters. The quantitative estimate of drug-likeness (QED) is 0.776. The first kappa shape index (κ1) is 14.3. The Morgan fingerprint density at radius 3 is 2.47 bits per heavy atom. The monoisotopic (exact) mass is 261 g/mol. The number of aliphatic hydroxyl groups is 1. The summed E-state index contributed by atoms with van der Waals surface area (Å²) in [7, 11) is 0. The van der Waals surface area contributed by atoms with Crippen LogP contribution in [0.25, 0.3) is 0 Å². The lowest BCUT2D eigenvalue weighted by Crippen LogP contribution is -2.42. The number of carbonyl (C=O) groups is 2. The predicted octanol–water partition coefficient (Wildman–Crippen LogP) is 0.565. The van der Waals surface area contributed by atoms with E-state index in [1.165, 1.54) is 16.7 Å². The van der Waals surface area contributed by atoms with Gasteiger partial charge in [-0.2, -0.15) is 0 Å². The van der Waals surface area contributed by atoms with Crippen LogP contribution in [0.4, 0.5) is 0 Å². The zero-order chi connectivity index (χ0) is 13.2. The van der Waals surface area contributed by atoms with Gasteiger partial charge in [-0.05, 0) is 0 Å². The number of hydrogen-bond donors (Lipinski definition) is 2. The van der Waals surface area contributed by atoms with Gasteiger partial charge in [-0.3, -0.25) is 4.79 Å². The second kappa shape index (κ2) is 5.27. The number of carboxylic acid groups (broad SMARTS) is 1. The molecule has 1 aliphatic rings. The Balaban J connectivity index is 2.59. The molecule has 0 aromatic rings. The summed E-state index contributed by atoms with van der Waals surface area (Å²) in [5.41, 5.74) is 0. The molecule has 17 heavy (non-hydrogen) atoms. The van der Waals surface area contributed by atoms with Crippen molar-refractivity contribution in [2.45, 2.75) is 44.1 Å². The van der Waals surface area contributed by atoms with E-state index >= 15 is 0 Å². The van der Waals surface area contributed by atoms with Crippen LogP contribution in [0.5, 0.6) is 0 Å². The van der Waals surface area contributed by atoms with Crippen LogP contribution in [0, 0.1) is 0 Å². The van der Waals surface area contributed by atoms with Crippen LogP contribution in [-0.4, -0.2) is 56.2 Å². The zero-order valence-corrected chi connectivity index (χ0v) is 11.2. The SMILES string of the molecule is CC(C)(C)SCC(=O)N1CC(O)C[C@H]1C(=O)O. The van der Waals surface area contributed by atoms with Gasteiger partial charge in [0.05, 0.1) is 11.9 Å². The van der Waals surface area contributed by atoms with E-state index in [1.54, 1.807) is 0 Å². The lowest BCUT2D eigenvalue weighted by Gasteiger charge is -2.23. The Bertz CT molecular complexity index is 313. The molecule has 1 rings (SSSR count). The van der Waals surface area contributed by atoms with E-state index in [-0.39, 0.29) is 29.4 Å². The highest BCUT2D eigenvalue weighted by molar-refractivity contribution is 8.01. The largest absolute Gasteiger partial charge is 0.480 e. The molecule has 0 aliphatic carbocycles. The summed E-state index contributed by atoms with van der Waals surface area (Å²) in [6.45, 7) is 6.12. The second-order valence-electron chi connectivity index (χ2n) is 5.19. The normalized spacial score (nSPS) is 25.1. The van der Waals surface area contributed by atoms with E-state index in [9.17, 15) is 14.7 Å². The molecule has 0 radical (unpaired) electrons. The van der Waals surface area contributed by atoms with E-state index in [0.717, 1.165) is 0 Å². The summed E-state index contributed by atoms with van der Waals surface area (Å²) in [5, 5.41) is 18.4. The van der Waals surface area contributed by atoms with Gasteiger partial charge in [0, 0.05) is 17.7 Å². The molecule has 1 saturated heterocycles. The van der Waals surface area contributed by atoms with Gasteiger partial charge >= 0.3 is 5.97 Å². The van der Waals surface area contributed by atoms with Crippen LogP contribution >= 0.6 is 11.8 Å². The number of likely N-dealkylation sites (tertiary alicyclic amines) is 1. The number of amides is 1. The van der Waals surface area contributed by atoms with Crippen molar-refractivity contribution in [2.24, 2.45) is 0 Å². The van der Waals surface area contributed by atoms with E-state index in [0.29, 0.717) is 0 Å². The van der Waals surface area contributed by atoms with Crippen LogP contribution in [-0.2, 0) is 9.59 Å². The van der Waals surface area contributed by atoms with Crippen LogP contribution in [0.15, 0.2) is 0 Å². The number of carboxylic acids is 1. The molecule has 5 nitrogen and oxygen atoms in total. The Labute approximate surface area is 105 Å². The summed E-state index contributed by atoms with van der Waals surface area (Å²) in [6, 6.07) is -0.877. The van der Waals surface area contributed by atoms with Gasteiger partial charge in [0.25, 0.3) is 0 Å². The smallest absolute Gasteiger partial charge is 0.326 e. The van der Waals surface area contributed by atoms with Gasteiger partial charge in [0.1, 0.15) is 6.04 Å². The molecule has 1 aliphatic heterocycles. The zero-order valence-electron chi connectivity index (χ0n) is 10.3. The summed E-state index contributed by atoms with van der Waals surface area (Å²) in [4.78, 5) is 24.1. The average Bonchev–Trinajstić information content (AvgIpc) is 2.55. The van der Waals surface area contributed by atoms with Crippen molar-refractivity contribution in [2.75, 3.05) is 12.3 Å². The third-order valence-corrected chi connectivity index (χ3v) is 3.77. The highest BCUT2D eigenvalue weighted by atomic mass is 32.2. The molecule has 0 spiro atoms. The van der Waals surface area contributed by atoms with Gasteiger partial charge in [-0.25, -0.2) is 4.79 Å². The fourth-order valence-electron chi connectivity index (χ4n) is 1.68. The van der Waals surface area contributed by atoms with Crippen molar-refractivity contribution in [3.63, 3.8) is 0 Å². The summed E-state index contributed by atoms with van der Waals surface area (Å²) >= 11 is 1.48. The third-order valence-electron chi connectivity index (χ3n) is 2.51. The molecule has 2 atom stereocenters. The third kappa shape index (κ3) is 4.20. The molecule has 0 bridgehead atoms. The summed E-state index contributed by atoms with van der Waals surface area (Å²) < 4.78 is -0.0350. The number of nitrogens with zero attached hydrogens (tertiary/aromatic N) is 1. The first-order valence-electron chi connectivity index (χ1n) is 5.55. The molecule has 2 N–H and O–H groups in total. The van der Waals surface area contributed by atoms with Crippen molar-refractivity contribution < 1.29 is 19.8 Å². The minimum Gasteiger partial charge on any atom is -0.480 e. The molecule has 1 heterocycles. The number of aliphatic hydroxyl groups excluding tert-OH is 1. The maximum absolute atomic E-state index is 11.9. The lowest BCUT2D eigenvalue weighted by atomic mass is 10.2. The molecule has 98 valence electrons. The van der Waals surface area contributed by atoms with E-state index in [1.807, 2.05) is 20.8 Å². The van der Waals surface area contributed by atoms with Gasteiger partial charge in [-0.1, -0.05) is 20.8 Å². The Morgan fingerprint density at radius 2 is 2.00 bits per heavy atom. The fraction of sp³-hybridized carbons (Fsp3) is 0.818. The molecular weight excluding hydrogens is 242 g/mol. The van der Waals surface area contributed by atoms with E-state index in [4.69, 9.17) is 5.11 Å². The predicted molar refractivity (Wildman–Crippen MR) is 66.0 cm³/mol. The summed E-state index contributed by atoms with van der Waals surface area (Å²) in [5.74, 6) is -1.01. The van der Waals surface area contributed by atoms with Crippen molar-refractivity contribution >= 4 is 23.6 Å². The van der Waals surface area contributed by atoms with Gasteiger partial charge in [0.2, 0.25) is 5.91 Å². The molecule has 6 heteroatoms. The van der Waals surface area contributed by atoms with Crippen molar-refractivity contribution in [1.82, 2.24) is 4.90 Å². The Kier molecular flexibility index (Phi) is 4.43. The Hall–Kier alpha value is -0.750. The number of carbonyl (C=O) groups excluding carboxylic acids is 1. The standard InChI is InChI=1S/C11H19NO4S/c1-11(2,3)17-6-9(14)12-5-7(13)4-8(12)10(15)16/h7-8,13H,4-6H2,1-3H3,(H,15,16)/t7?,8-/m0/s1. The van der Waals surface area contributed by atoms with Gasteiger partial charge in [-0.15, -0.1) is 11.8 Å². The number of aliphatic carboxylic acids is 1. The van der Waals surface area contributed by atoms with Crippen molar-refractivity contribution in [3.05, 3.63) is 0 Å². The van der Waals surface area contributed by atoms with Gasteiger partial charge in [0.15, 0.2) is 0 Å². The minimum atomic E-state index is -1.05. The average molecular weight is 261 g/mol.